The number of aromatic nitrogens is 4. The van der Waals surface area contributed by atoms with Gasteiger partial charge in [-0.15, -0.1) is 0 Å². The molecule has 0 spiro atoms. The Labute approximate surface area is 92.1 Å². The van der Waals surface area contributed by atoms with Gasteiger partial charge >= 0.3 is 0 Å². The summed E-state index contributed by atoms with van der Waals surface area (Å²) in [5.41, 5.74) is 1.27. The molecule has 1 atom stereocenters. The van der Waals surface area contributed by atoms with E-state index in [4.69, 9.17) is 0 Å². The van der Waals surface area contributed by atoms with Crippen LogP contribution < -0.4 is 5.32 Å². The maximum Gasteiger partial charge on any atom is 0.186 e. The van der Waals surface area contributed by atoms with E-state index < -0.39 is 5.82 Å². The van der Waals surface area contributed by atoms with Gasteiger partial charge in [-0.05, 0) is 13.8 Å². The first-order chi connectivity index (χ1) is 7.68. The Bertz CT molecular complexity index is 468. The fourth-order valence-corrected chi connectivity index (χ4v) is 1.34. The molecule has 0 saturated heterocycles. The minimum Gasteiger partial charge on any atom is -0.361 e. The largest absolute Gasteiger partial charge is 0.361 e. The van der Waals surface area contributed by atoms with Crippen LogP contribution in [0.15, 0.2) is 18.7 Å². The van der Waals surface area contributed by atoms with Crippen molar-refractivity contribution in [2.75, 3.05) is 5.32 Å². The maximum absolute atomic E-state index is 13.6. The molecule has 0 aliphatic heterocycles. The third-order valence-electron chi connectivity index (χ3n) is 2.34. The molecule has 0 radical (unpaired) electrons. The normalized spacial score (nSPS) is 12.4. The molecule has 0 bridgehead atoms. The quantitative estimate of drug-likeness (QED) is 0.829. The molecule has 16 heavy (non-hydrogen) atoms. The topological polar surface area (TPSA) is 66.5 Å². The first kappa shape index (κ1) is 10.5. The van der Waals surface area contributed by atoms with E-state index in [0.29, 0.717) is 5.69 Å². The van der Waals surface area contributed by atoms with Gasteiger partial charge in [-0.1, -0.05) is 0 Å². The molecule has 1 unspecified atom stereocenters. The van der Waals surface area contributed by atoms with Crippen LogP contribution in [-0.2, 0) is 0 Å². The van der Waals surface area contributed by atoms with Gasteiger partial charge in [-0.2, -0.15) is 5.10 Å². The van der Waals surface area contributed by atoms with Crippen LogP contribution in [0, 0.1) is 12.7 Å². The van der Waals surface area contributed by atoms with E-state index in [1.165, 1.54) is 6.33 Å². The summed E-state index contributed by atoms with van der Waals surface area (Å²) in [7, 11) is 0. The first-order valence-electron chi connectivity index (χ1n) is 4.91. The van der Waals surface area contributed by atoms with Crippen LogP contribution in [0.25, 0.3) is 0 Å². The molecule has 2 rings (SSSR count). The van der Waals surface area contributed by atoms with Crippen molar-refractivity contribution in [2.45, 2.75) is 19.9 Å². The zero-order valence-corrected chi connectivity index (χ0v) is 9.03. The monoisotopic (exact) mass is 221 g/mol. The molecule has 2 heterocycles. The number of aryl methyl sites for hydroxylation is 1. The van der Waals surface area contributed by atoms with E-state index in [9.17, 15) is 4.39 Å². The zero-order chi connectivity index (χ0) is 11.5. The number of hydrogen-bond acceptors (Lipinski definition) is 4. The van der Waals surface area contributed by atoms with Crippen molar-refractivity contribution in [2.24, 2.45) is 0 Å². The minimum absolute atomic E-state index is 0.0671. The molecule has 6 heteroatoms. The molecular formula is C10H12FN5. The number of H-pyrrole nitrogens is 1. The summed E-state index contributed by atoms with van der Waals surface area (Å²) >= 11 is 0. The highest BCUT2D eigenvalue weighted by molar-refractivity contribution is 5.39. The Kier molecular flexibility index (Phi) is 2.80. The molecule has 2 N–H and O–H groups in total. The Morgan fingerprint density at radius 1 is 1.44 bits per heavy atom. The number of aromatic amines is 1. The summed E-state index contributed by atoms with van der Waals surface area (Å²) in [6.07, 6.45) is 4.77. The second-order valence-electron chi connectivity index (χ2n) is 3.52. The molecule has 2 aromatic heterocycles. The molecule has 0 fully saturated rings. The van der Waals surface area contributed by atoms with Gasteiger partial charge in [0.25, 0.3) is 0 Å². The molecule has 0 aromatic carbocycles. The molecule has 5 nitrogen and oxygen atoms in total. The SMILES string of the molecule is Cc1ncnc(NC(C)c2cn[nH]c2)c1F. The van der Waals surface area contributed by atoms with Gasteiger partial charge in [-0.25, -0.2) is 14.4 Å². The summed E-state index contributed by atoms with van der Waals surface area (Å²) in [4.78, 5) is 7.63. The van der Waals surface area contributed by atoms with E-state index in [1.54, 1.807) is 19.3 Å². The van der Waals surface area contributed by atoms with E-state index in [-0.39, 0.29) is 11.9 Å². The highest BCUT2D eigenvalue weighted by Crippen LogP contribution is 2.19. The van der Waals surface area contributed by atoms with Gasteiger partial charge in [0.15, 0.2) is 11.6 Å². The Morgan fingerprint density at radius 2 is 2.25 bits per heavy atom. The molecule has 0 aliphatic rings. The van der Waals surface area contributed by atoms with Crippen LogP contribution in [0.4, 0.5) is 10.2 Å². The highest BCUT2D eigenvalue weighted by atomic mass is 19.1. The average molecular weight is 221 g/mol. The zero-order valence-electron chi connectivity index (χ0n) is 9.03. The first-order valence-corrected chi connectivity index (χ1v) is 4.91. The molecule has 84 valence electrons. The van der Waals surface area contributed by atoms with Gasteiger partial charge in [0, 0.05) is 11.8 Å². The lowest BCUT2D eigenvalue weighted by atomic mass is 10.2. The van der Waals surface area contributed by atoms with Crippen molar-refractivity contribution < 1.29 is 4.39 Å². The number of halogens is 1. The predicted molar refractivity (Wildman–Crippen MR) is 57.4 cm³/mol. The van der Waals surface area contributed by atoms with E-state index >= 15 is 0 Å². The molecule has 2 aromatic rings. The van der Waals surface area contributed by atoms with Crippen molar-refractivity contribution in [3.63, 3.8) is 0 Å². The number of rotatable bonds is 3. The van der Waals surface area contributed by atoms with Gasteiger partial charge < -0.3 is 5.32 Å². The molecule has 0 amide bonds. The molecular weight excluding hydrogens is 209 g/mol. The van der Waals surface area contributed by atoms with Crippen LogP contribution >= 0.6 is 0 Å². The highest BCUT2D eigenvalue weighted by Gasteiger charge is 2.12. The lowest BCUT2D eigenvalue weighted by molar-refractivity contribution is 0.602. The van der Waals surface area contributed by atoms with Crippen molar-refractivity contribution >= 4 is 5.82 Å². The number of anilines is 1. The van der Waals surface area contributed by atoms with E-state index in [1.807, 2.05) is 6.92 Å². The minimum atomic E-state index is -0.419. The van der Waals surface area contributed by atoms with Crippen LogP contribution in [0.2, 0.25) is 0 Å². The second-order valence-corrected chi connectivity index (χ2v) is 3.52. The van der Waals surface area contributed by atoms with E-state index in [0.717, 1.165) is 5.56 Å². The van der Waals surface area contributed by atoms with Gasteiger partial charge in [-0.3, -0.25) is 5.10 Å². The summed E-state index contributed by atoms with van der Waals surface area (Å²) < 4.78 is 13.6. The van der Waals surface area contributed by atoms with Crippen LogP contribution in [0.3, 0.4) is 0 Å². The summed E-state index contributed by atoms with van der Waals surface area (Å²) in [6.45, 7) is 3.51. The maximum atomic E-state index is 13.6. The van der Waals surface area contributed by atoms with Gasteiger partial charge in [0.2, 0.25) is 0 Å². The fraction of sp³-hybridized carbons (Fsp3) is 0.300. The molecule has 0 aliphatic carbocycles. The fourth-order valence-electron chi connectivity index (χ4n) is 1.34. The lowest BCUT2D eigenvalue weighted by Gasteiger charge is -2.13. The Morgan fingerprint density at radius 3 is 2.94 bits per heavy atom. The van der Waals surface area contributed by atoms with Crippen LogP contribution in [-0.4, -0.2) is 20.2 Å². The number of nitrogens with one attached hydrogen (secondary N) is 2. The smallest absolute Gasteiger partial charge is 0.186 e. The van der Waals surface area contributed by atoms with Crippen molar-refractivity contribution in [3.05, 3.63) is 35.8 Å². The third kappa shape index (κ3) is 2.00. The van der Waals surface area contributed by atoms with Gasteiger partial charge in [0.05, 0.1) is 17.9 Å². The van der Waals surface area contributed by atoms with Crippen molar-refractivity contribution in [3.8, 4) is 0 Å². The van der Waals surface area contributed by atoms with Crippen molar-refractivity contribution in [1.29, 1.82) is 0 Å². The average Bonchev–Trinajstić information content (AvgIpc) is 2.78. The van der Waals surface area contributed by atoms with Crippen LogP contribution in [0.1, 0.15) is 24.2 Å². The third-order valence-corrected chi connectivity index (χ3v) is 2.34. The Balaban J connectivity index is 2.18. The molecule has 0 saturated carbocycles. The van der Waals surface area contributed by atoms with Crippen LogP contribution in [0.5, 0.6) is 0 Å². The Hall–Kier alpha value is -1.98. The summed E-state index contributed by atoms with van der Waals surface area (Å²) in [5, 5.41) is 9.51. The summed E-state index contributed by atoms with van der Waals surface area (Å²) in [5.74, 6) is -0.209. The summed E-state index contributed by atoms with van der Waals surface area (Å²) in [6, 6.07) is -0.0671. The predicted octanol–water partition coefficient (Wildman–Crippen LogP) is 1.82. The van der Waals surface area contributed by atoms with E-state index in [2.05, 4.69) is 25.5 Å². The second kappa shape index (κ2) is 4.26. The lowest BCUT2D eigenvalue weighted by Crippen LogP contribution is -2.10. The standard InChI is InChI=1S/C10H12FN5/c1-6(8-3-14-15-4-8)16-10-9(11)7(2)12-5-13-10/h3-6H,1-2H3,(H,14,15)(H,12,13,16). The number of hydrogen-bond donors (Lipinski definition) is 2. The van der Waals surface area contributed by atoms with Gasteiger partial charge in [0.1, 0.15) is 6.33 Å². The number of nitrogens with zero attached hydrogens (tertiary/aromatic N) is 3. The van der Waals surface area contributed by atoms with Crippen molar-refractivity contribution in [1.82, 2.24) is 20.2 Å².